The predicted molar refractivity (Wildman–Crippen MR) is 90.7 cm³/mol. The summed E-state index contributed by atoms with van der Waals surface area (Å²) >= 11 is 1.42. The molecule has 0 aliphatic heterocycles. The Balaban J connectivity index is 1.79. The van der Waals surface area contributed by atoms with Crippen molar-refractivity contribution in [3.05, 3.63) is 42.0 Å². The van der Waals surface area contributed by atoms with Gasteiger partial charge in [-0.1, -0.05) is 11.8 Å². The molecular weight excluding hydrogens is 315 g/mol. The predicted octanol–water partition coefficient (Wildman–Crippen LogP) is 3.46. The molecule has 1 aromatic carbocycles. The van der Waals surface area contributed by atoms with E-state index in [2.05, 4.69) is 15.0 Å². The molecule has 5 nitrogen and oxygen atoms in total. The van der Waals surface area contributed by atoms with E-state index in [0.29, 0.717) is 17.1 Å². The van der Waals surface area contributed by atoms with Gasteiger partial charge in [0.05, 0.1) is 29.5 Å². The molecule has 1 N–H and O–H groups in total. The van der Waals surface area contributed by atoms with Gasteiger partial charge < -0.3 is 14.6 Å². The molecule has 0 unspecified atom stereocenters. The minimum Gasteiger partial charge on any atom is -0.497 e. The lowest BCUT2D eigenvalue weighted by molar-refractivity contribution is 0.415. The van der Waals surface area contributed by atoms with Gasteiger partial charge in [-0.25, -0.2) is 9.37 Å². The maximum atomic E-state index is 14.4. The number of H-pyrrole nitrogens is 1. The molecule has 120 valence electrons. The Morgan fingerprint density at radius 3 is 2.87 bits per heavy atom. The summed E-state index contributed by atoms with van der Waals surface area (Å²) < 4.78 is 19.6. The van der Waals surface area contributed by atoms with Gasteiger partial charge in [0.25, 0.3) is 0 Å². The zero-order valence-electron chi connectivity index (χ0n) is 13.1. The van der Waals surface area contributed by atoms with E-state index in [1.165, 1.54) is 11.8 Å². The van der Waals surface area contributed by atoms with E-state index in [1.807, 2.05) is 32.3 Å². The number of ether oxygens (including phenoxy) is 1. The summed E-state index contributed by atoms with van der Waals surface area (Å²) in [4.78, 5) is 13.6. The van der Waals surface area contributed by atoms with Crippen LogP contribution < -0.4 is 9.64 Å². The van der Waals surface area contributed by atoms with Gasteiger partial charge in [0.2, 0.25) is 0 Å². The largest absolute Gasteiger partial charge is 0.497 e. The summed E-state index contributed by atoms with van der Waals surface area (Å²) in [6.45, 7) is 0. The molecule has 0 aliphatic carbocycles. The number of hydrogen-bond acceptors (Lipinski definition) is 5. The average Bonchev–Trinajstić information content (AvgIpc) is 2.95. The summed E-state index contributed by atoms with van der Waals surface area (Å²) in [6.07, 6.45) is 1.62. The van der Waals surface area contributed by atoms with Gasteiger partial charge in [-0.3, -0.25) is 4.98 Å². The number of nitrogens with one attached hydrogen (secondary N) is 1. The number of thioether (sulfide) groups is 1. The molecule has 0 atom stereocenters. The average molecular weight is 332 g/mol. The number of imidazole rings is 1. The van der Waals surface area contributed by atoms with Crippen LogP contribution in [0.3, 0.4) is 0 Å². The van der Waals surface area contributed by atoms with Gasteiger partial charge in [-0.05, 0) is 18.2 Å². The van der Waals surface area contributed by atoms with Crippen LogP contribution in [0.4, 0.5) is 10.1 Å². The fourth-order valence-electron chi connectivity index (χ4n) is 2.22. The number of fused-ring (bicyclic) bond motifs is 1. The van der Waals surface area contributed by atoms with Crippen LogP contribution in [0.1, 0.15) is 5.69 Å². The van der Waals surface area contributed by atoms with Crippen LogP contribution in [0.15, 0.2) is 35.6 Å². The van der Waals surface area contributed by atoms with E-state index in [1.54, 1.807) is 24.3 Å². The van der Waals surface area contributed by atoms with E-state index < -0.39 is 0 Å². The second-order valence-electron chi connectivity index (χ2n) is 5.20. The fourth-order valence-corrected chi connectivity index (χ4v) is 3.04. The zero-order valence-corrected chi connectivity index (χ0v) is 13.9. The molecule has 7 heteroatoms. The van der Waals surface area contributed by atoms with Gasteiger partial charge >= 0.3 is 0 Å². The standard InChI is InChI=1S/C16H17FN4OS/c1-21(2)14-6-7-18-13(15(14)17)9-23-16-19-11-5-4-10(22-3)8-12(11)20-16/h4-8H,9H2,1-3H3,(H,19,20). The second kappa shape index (κ2) is 6.45. The van der Waals surface area contributed by atoms with Crippen LogP contribution in [0, 0.1) is 5.82 Å². The van der Waals surface area contributed by atoms with Gasteiger partial charge in [-0.2, -0.15) is 0 Å². The van der Waals surface area contributed by atoms with Crippen molar-refractivity contribution >= 4 is 28.5 Å². The molecule has 2 aromatic heterocycles. The van der Waals surface area contributed by atoms with Crippen molar-refractivity contribution < 1.29 is 9.13 Å². The van der Waals surface area contributed by atoms with Gasteiger partial charge in [0.15, 0.2) is 11.0 Å². The Morgan fingerprint density at radius 1 is 1.30 bits per heavy atom. The molecule has 0 spiro atoms. The Morgan fingerprint density at radius 2 is 2.13 bits per heavy atom. The number of nitrogens with zero attached hydrogens (tertiary/aromatic N) is 3. The van der Waals surface area contributed by atoms with Crippen molar-refractivity contribution in [3.8, 4) is 5.75 Å². The van der Waals surface area contributed by atoms with Crippen LogP contribution in [0.25, 0.3) is 11.0 Å². The molecule has 23 heavy (non-hydrogen) atoms. The number of halogens is 1. The molecule has 2 heterocycles. The van der Waals surface area contributed by atoms with Crippen molar-refractivity contribution in [1.29, 1.82) is 0 Å². The lowest BCUT2D eigenvalue weighted by Gasteiger charge is -2.14. The number of aromatic amines is 1. The van der Waals surface area contributed by atoms with Crippen molar-refractivity contribution in [2.24, 2.45) is 0 Å². The lowest BCUT2D eigenvalue weighted by atomic mass is 10.3. The molecule has 0 fully saturated rings. The van der Waals surface area contributed by atoms with E-state index in [9.17, 15) is 4.39 Å². The van der Waals surface area contributed by atoms with Crippen LogP contribution in [-0.4, -0.2) is 36.2 Å². The SMILES string of the molecule is COc1ccc2[nH]c(SCc3nccc(N(C)C)c3F)nc2c1. The van der Waals surface area contributed by atoms with E-state index in [0.717, 1.165) is 21.9 Å². The number of methoxy groups -OCH3 is 1. The minimum atomic E-state index is -0.289. The van der Waals surface area contributed by atoms with E-state index >= 15 is 0 Å². The maximum absolute atomic E-state index is 14.4. The first-order valence-electron chi connectivity index (χ1n) is 7.05. The molecule has 3 rings (SSSR count). The molecular formula is C16H17FN4OS. The van der Waals surface area contributed by atoms with Crippen molar-refractivity contribution in [1.82, 2.24) is 15.0 Å². The highest BCUT2D eigenvalue weighted by molar-refractivity contribution is 7.98. The summed E-state index contributed by atoms with van der Waals surface area (Å²) in [7, 11) is 5.24. The Bertz CT molecular complexity index is 834. The monoisotopic (exact) mass is 332 g/mol. The number of aromatic nitrogens is 3. The second-order valence-corrected chi connectivity index (χ2v) is 6.16. The quantitative estimate of drug-likeness (QED) is 0.725. The number of anilines is 1. The highest BCUT2D eigenvalue weighted by Crippen LogP contribution is 2.27. The number of pyridine rings is 1. The van der Waals surface area contributed by atoms with Gasteiger partial charge in [0, 0.05) is 32.1 Å². The third-order valence-corrected chi connectivity index (χ3v) is 4.32. The molecule has 0 saturated heterocycles. The molecule has 0 amide bonds. The molecule has 0 radical (unpaired) electrons. The number of hydrogen-bond donors (Lipinski definition) is 1. The first kappa shape index (κ1) is 15.6. The first-order chi connectivity index (χ1) is 11.1. The fraction of sp³-hybridized carbons (Fsp3) is 0.250. The molecule has 0 aliphatic rings. The maximum Gasteiger partial charge on any atom is 0.168 e. The first-order valence-corrected chi connectivity index (χ1v) is 8.04. The van der Waals surface area contributed by atoms with Crippen LogP contribution in [-0.2, 0) is 5.75 Å². The lowest BCUT2D eigenvalue weighted by Crippen LogP contribution is -2.12. The Kier molecular flexibility index (Phi) is 4.38. The number of rotatable bonds is 5. The summed E-state index contributed by atoms with van der Waals surface area (Å²) in [5.41, 5.74) is 2.69. The summed E-state index contributed by atoms with van der Waals surface area (Å²) in [6, 6.07) is 7.31. The van der Waals surface area contributed by atoms with Crippen LogP contribution in [0.5, 0.6) is 5.75 Å². The Hall–Kier alpha value is -2.28. The van der Waals surface area contributed by atoms with Crippen molar-refractivity contribution in [2.45, 2.75) is 10.9 Å². The minimum absolute atomic E-state index is 0.289. The highest BCUT2D eigenvalue weighted by Gasteiger charge is 2.12. The summed E-state index contributed by atoms with van der Waals surface area (Å²) in [5.74, 6) is 0.875. The number of benzene rings is 1. The third kappa shape index (κ3) is 3.24. The molecule has 0 bridgehead atoms. The summed E-state index contributed by atoms with van der Waals surface area (Å²) in [5, 5.41) is 0.727. The normalized spacial score (nSPS) is 11.0. The molecule has 0 saturated carbocycles. The topological polar surface area (TPSA) is 54.0 Å². The Labute approximate surface area is 137 Å². The van der Waals surface area contributed by atoms with Crippen LogP contribution >= 0.6 is 11.8 Å². The van der Waals surface area contributed by atoms with E-state index in [-0.39, 0.29) is 5.82 Å². The van der Waals surface area contributed by atoms with Crippen molar-refractivity contribution in [3.63, 3.8) is 0 Å². The van der Waals surface area contributed by atoms with Crippen LogP contribution in [0.2, 0.25) is 0 Å². The highest BCUT2D eigenvalue weighted by atomic mass is 32.2. The van der Waals surface area contributed by atoms with Crippen molar-refractivity contribution in [2.75, 3.05) is 26.1 Å². The smallest absolute Gasteiger partial charge is 0.168 e. The molecule has 3 aromatic rings. The van der Waals surface area contributed by atoms with Gasteiger partial charge in [-0.15, -0.1) is 0 Å². The zero-order chi connectivity index (χ0) is 16.4. The van der Waals surface area contributed by atoms with Gasteiger partial charge in [0.1, 0.15) is 5.75 Å². The van der Waals surface area contributed by atoms with E-state index in [4.69, 9.17) is 4.74 Å². The third-order valence-electron chi connectivity index (χ3n) is 3.44.